The zero-order valence-electron chi connectivity index (χ0n) is 16.3. The summed E-state index contributed by atoms with van der Waals surface area (Å²) < 4.78 is 0. The second kappa shape index (κ2) is 9.62. The summed E-state index contributed by atoms with van der Waals surface area (Å²) in [5, 5.41) is 13.8. The quantitative estimate of drug-likeness (QED) is 0.479. The fraction of sp³-hybridized carbons (Fsp3) is 0.250. The fourth-order valence-corrected chi connectivity index (χ4v) is 2.84. The van der Waals surface area contributed by atoms with E-state index in [1.165, 1.54) is 19.9 Å². The topological polar surface area (TPSA) is 100.0 Å². The molecule has 0 radical (unpaired) electrons. The summed E-state index contributed by atoms with van der Waals surface area (Å²) in [6.45, 7) is 6.17. The predicted octanol–water partition coefficient (Wildman–Crippen LogP) is 5.25. The van der Waals surface area contributed by atoms with Crippen molar-refractivity contribution in [2.75, 3.05) is 10.6 Å². The largest absolute Gasteiger partial charge is 0.326 e. The highest BCUT2D eigenvalue weighted by atomic mass is 35.5. The number of hydrogen-bond acceptors (Lipinski definition) is 5. The van der Waals surface area contributed by atoms with Crippen LogP contribution in [0.1, 0.15) is 25.0 Å². The number of azo groups is 1. The third-order valence-corrected chi connectivity index (χ3v) is 4.49. The molecule has 2 rings (SSSR count). The molecule has 152 valence electrons. The Kier molecular flexibility index (Phi) is 7.47. The van der Waals surface area contributed by atoms with E-state index in [4.69, 9.17) is 23.2 Å². The molecule has 1 unspecified atom stereocenters. The minimum absolute atomic E-state index is 0.280. The molecule has 0 aliphatic heterocycles. The van der Waals surface area contributed by atoms with Crippen LogP contribution in [0.5, 0.6) is 0 Å². The Hall–Kier alpha value is -2.77. The summed E-state index contributed by atoms with van der Waals surface area (Å²) >= 11 is 12.2. The molecule has 1 atom stereocenters. The van der Waals surface area contributed by atoms with Gasteiger partial charge in [-0.2, -0.15) is 10.2 Å². The zero-order valence-corrected chi connectivity index (χ0v) is 17.9. The summed E-state index contributed by atoms with van der Waals surface area (Å²) in [6.07, 6.45) is 0. The number of nitrogens with one attached hydrogen (secondary N) is 2. The SMILES string of the molecule is CC(=O)Nc1cc(Cl)cc(NC(=O)C(N=Nc2cc(C)ccc2Cl)C(C)=O)c1C. The van der Waals surface area contributed by atoms with Gasteiger partial charge in [-0.3, -0.25) is 14.4 Å². The monoisotopic (exact) mass is 434 g/mol. The third-order valence-electron chi connectivity index (χ3n) is 3.96. The number of aryl methyl sites for hydroxylation is 1. The highest BCUT2D eigenvalue weighted by molar-refractivity contribution is 6.33. The first-order valence-electron chi connectivity index (χ1n) is 8.64. The predicted molar refractivity (Wildman–Crippen MR) is 114 cm³/mol. The lowest BCUT2D eigenvalue weighted by Gasteiger charge is -2.15. The number of carbonyl (C=O) groups is 3. The van der Waals surface area contributed by atoms with E-state index in [9.17, 15) is 14.4 Å². The molecule has 29 heavy (non-hydrogen) atoms. The van der Waals surface area contributed by atoms with Gasteiger partial charge in [-0.05, 0) is 56.2 Å². The lowest BCUT2D eigenvalue weighted by atomic mass is 10.1. The van der Waals surface area contributed by atoms with Crippen LogP contribution in [0.4, 0.5) is 17.1 Å². The van der Waals surface area contributed by atoms with Gasteiger partial charge < -0.3 is 10.6 Å². The molecule has 0 aliphatic rings. The Bertz CT molecular complexity index is 1010. The summed E-state index contributed by atoms with van der Waals surface area (Å²) in [4.78, 5) is 36.0. The number of nitrogens with zero attached hydrogens (tertiary/aromatic N) is 2. The number of hydrogen-bond donors (Lipinski definition) is 2. The Balaban J connectivity index is 2.30. The van der Waals surface area contributed by atoms with Gasteiger partial charge in [0.1, 0.15) is 5.69 Å². The van der Waals surface area contributed by atoms with Gasteiger partial charge in [0.05, 0.1) is 5.02 Å². The molecule has 0 spiro atoms. The van der Waals surface area contributed by atoms with E-state index in [2.05, 4.69) is 20.9 Å². The standard InChI is InChI=1S/C20H20Cl2N4O3/c1-10-5-6-15(22)18(7-10)25-26-19(12(3)27)20(29)24-17-9-14(21)8-16(11(17)2)23-13(4)28/h5-9,19H,1-4H3,(H,23,28)(H,24,29). The average molecular weight is 435 g/mol. The number of rotatable bonds is 6. The van der Waals surface area contributed by atoms with Crippen LogP contribution in [0.25, 0.3) is 0 Å². The highest BCUT2D eigenvalue weighted by Gasteiger charge is 2.24. The second-order valence-corrected chi connectivity index (χ2v) is 7.32. The van der Waals surface area contributed by atoms with Crippen molar-refractivity contribution in [1.82, 2.24) is 0 Å². The number of carbonyl (C=O) groups excluding carboxylic acids is 3. The summed E-state index contributed by atoms with van der Waals surface area (Å²) in [7, 11) is 0. The van der Waals surface area contributed by atoms with Gasteiger partial charge in [-0.15, -0.1) is 0 Å². The highest BCUT2D eigenvalue weighted by Crippen LogP contribution is 2.29. The van der Waals surface area contributed by atoms with E-state index in [1.807, 2.05) is 13.0 Å². The van der Waals surface area contributed by atoms with Crippen molar-refractivity contribution in [1.29, 1.82) is 0 Å². The van der Waals surface area contributed by atoms with Gasteiger partial charge in [0.2, 0.25) is 11.9 Å². The number of anilines is 2. The fourth-order valence-electron chi connectivity index (χ4n) is 2.47. The van der Waals surface area contributed by atoms with Crippen molar-refractivity contribution in [3.05, 3.63) is 51.5 Å². The van der Waals surface area contributed by atoms with E-state index < -0.39 is 17.7 Å². The lowest BCUT2D eigenvalue weighted by molar-refractivity contribution is -0.126. The number of Topliss-reactive ketones (excluding diaryl/α,β-unsaturated/α-hetero) is 1. The van der Waals surface area contributed by atoms with E-state index in [-0.39, 0.29) is 5.91 Å². The summed E-state index contributed by atoms with van der Waals surface area (Å²) in [6, 6.07) is 6.89. The molecule has 7 nitrogen and oxygen atoms in total. The number of amides is 2. The van der Waals surface area contributed by atoms with Crippen molar-refractivity contribution >= 4 is 57.9 Å². The molecule has 2 aromatic rings. The molecule has 2 N–H and O–H groups in total. The van der Waals surface area contributed by atoms with Crippen molar-refractivity contribution in [3.8, 4) is 0 Å². The first-order chi connectivity index (χ1) is 13.6. The normalized spacial score (nSPS) is 11.9. The van der Waals surface area contributed by atoms with Gasteiger partial charge >= 0.3 is 0 Å². The van der Waals surface area contributed by atoms with Crippen molar-refractivity contribution < 1.29 is 14.4 Å². The second-order valence-electron chi connectivity index (χ2n) is 6.48. The Labute approximate surface area is 178 Å². The number of benzene rings is 2. The van der Waals surface area contributed by atoms with Crippen LogP contribution in [0, 0.1) is 13.8 Å². The summed E-state index contributed by atoms with van der Waals surface area (Å²) in [5.41, 5.74) is 2.65. The molecule has 0 bridgehead atoms. The molecule has 0 fully saturated rings. The first-order valence-corrected chi connectivity index (χ1v) is 9.40. The van der Waals surface area contributed by atoms with Crippen molar-refractivity contribution in [2.24, 2.45) is 10.2 Å². The molecular weight excluding hydrogens is 415 g/mol. The van der Waals surface area contributed by atoms with Gasteiger partial charge in [-0.1, -0.05) is 29.3 Å². The minimum atomic E-state index is -1.37. The van der Waals surface area contributed by atoms with Gasteiger partial charge in [0, 0.05) is 23.3 Å². The molecule has 0 saturated carbocycles. The number of ketones is 1. The first kappa shape index (κ1) is 22.5. The molecule has 2 aromatic carbocycles. The van der Waals surface area contributed by atoms with Gasteiger partial charge in [0.25, 0.3) is 5.91 Å². The summed E-state index contributed by atoms with van der Waals surface area (Å²) in [5.74, 6) is -1.45. The maximum Gasteiger partial charge on any atom is 0.258 e. The van der Waals surface area contributed by atoms with E-state index in [1.54, 1.807) is 25.1 Å². The Morgan fingerprint density at radius 3 is 2.17 bits per heavy atom. The van der Waals surface area contributed by atoms with Crippen LogP contribution >= 0.6 is 23.2 Å². The molecule has 9 heteroatoms. The van der Waals surface area contributed by atoms with Crippen LogP contribution in [0.3, 0.4) is 0 Å². The molecular formula is C20H20Cl2N4O3. The molecule has 0 saturated heterocycles. The molecule has 0 aliphatic carbocycles. The van der Waals surface area contributed by atoms with Crippen molar-refractivity contribution in [2.45, 2.75) is 33.7 Å². The molecule has 0 heterocycles. The number of halogens is 2. The van der Waals surface area contributed by atoms with Crippen LogP contribution in [-0.4, -0.2) is 23.6 Å². The Morgan fingerprint density at radius 2 is 1.59 bits per heavy atom. The van der Waals surface area contributed by atoms with Gasteiger partial charge in [0.15, 0.2) is 5.78 Å². The third kappa shape index (κ3) is 6.10. The van der Waals surface area contributed by atoms with Gasteiger partial charge in [-0.25, -0.2) is 0 Å². The van der Waals surface area contributed by atoms with Crippen LogP contribution in [0.2, 0.25) is 10.0 Å². The van der Waals surface area contributed by atoms with Crippen molar-refractivity contribution in [3.63, 3.8) is 0 Å². The zero-order chi connectivity index (χ0) is 21.7. The minimum Gasteiger partial charge on any atom is -0.326 e. The average Bonchev–Trinajstić information content (AvgIpc) is 2.61. The maximum absolute atomic E-state index is 12.7. The lowest BCUT2D eigenvalue weighted by Crippen LogP contribution is -2.32. The Morgan fingerprint density at radius 1 is 0.966 bits per heavy atom. The van der Waals surface area contributed by atoms with E-state index >= 15 is 0 Å². The van der Waals surface area contributed by atoms with E-state index in [0.717, 1.165) is 5.56 Å². The van der Waals surface area contributed by atoms with Crippen LogP contribution in [0.15, 0.2) is 40.6 Å². The maximum atomic E-state index is 12.7. The smallest absolute Gasteiger partial charge is 0.258 e. The molecule has 0 aromatic heterocycles. The van der Waals surface area contributed by atoms with Crippen LogP contribution < -0.4 is 10.6 Å². The van der Waals surface area contributed by atoms with Crippen LogP contribution in [-0.2, 0) is 14.4 Å². The molecule has 2 amide bonds. The van der Waals surface area contributed by atoms with E-state index in [0.29, 0.717) is 32.7 Å².